The van der Waals surface area contributed by atoms with Crippen LogP contribution in [-0.4, -0.2) is 64.2 Å². The van der Waals surface area contributed by atoms with Gasteiger partial charge < -0.3 is 14.6 Å². The third-order valence-electron chi connectivity index (χ3n) is 5.33. The van der Waals surface area contributed by atoms with Crippen molar-refractivity contribution in [3.05, 3.63) is 51.9 Å². The molecule has 1 fully saturated rings. The van der Waals surface area contributed by atoms with Gasteiger partial charge in [-0.15, -0.1) is 0 Å². The Bertz CT molecular complexity index is 1190. The molecule has 2 N–H and O–H groups in total. The number of hydrogen-bond acceptors (Lipinski definition) is 6. The molecule has 0 bridgehead atoms. The van der Waals surface area contributed by atoms with Gasteiger partial charge in [-0.1, -0.05) is 13.0 Å². The van der Waals surface area contributed by atoms with Gasteiger partial charge in [0.2, 0.25) is 0 Å². The second kappa shape index (κ2) is 8.76. The van der Waals surface area contributed by atoms with Crippen LogP contribution in [0, 0.1) is 5.41 Å². The number of fused-ring (bicyclic) bond motifs is 2. The molecule has 4 rings (SSSR count). The number of ether oxygens (including phenoxy) is 1. The zero-order chi connectivity index (χ0) is 21.1. The Morgan fingerprint density at radius 3 is 2.83 bits per heavy atom. The molecule has 9 heteroatoms. The Kier molecular flexibility index (Phi) is 5.91. The third kappa shape index (κ3) is 3.86. The first-order chi connectivity index (χ1) is 14.6. The van der Waals surface area contributed by atoms with E-state index in [4.69, 9.17) is 10.1 Å². The van der Waals surface area contributed by atoms with Gasteiger partial charge >= 0.3 is 0 Å². The molecule has 1 aliphatic heterocycles. The molecule has 1 aliphatic rings. The highest BCUT2D eigenvalue weighted by atomic mass is 16.5. The van der Waals surface area contributed by atoms with Crippen molar-refractivity contribution in [2.45, 2.75) is 19.9 Å². The molecule has 0 saturated carbocycles. The van der Waals surface area contributed by atoms with Crippen LogP contribution in [0.5, 0.6) is 0 Å². The molecule has 4 heterocycles. The monoisotopic (exact) mass is 410 g/mol. The Balaban J connectivity index is 1.70. The average Bonchev–Trinajstić information content (AvgIpc) is 2.77. The average molecular weight is 410 g/mol. The second-order valence-corrected chi connectivity index (χ2v) is 7.35. The van der Waals surface area contributed by atoms with Crippen LogP contribution in [0.15, 0.2) is 35.3 Å². The summed E-state index contributed by atoms with van der Waals surface area (Å²) < 4.78 is 8.45. The number of pyridine rings is 2. The number of morpholine rings is 1. The summed E-state index contributed by atoms with van der Waals surface area (Å²) >= 11 is 0. The first-order valence-corrected chi connectivity index (χ1v) is 10.3. The van der Waals surface area contributed by atoms with Crippen molar-refractivity contribution in [2.75, 3.05) is 39.4 Å². The van der Waals surface area contributed by atoms with Gasteiger partial charge in [0, 0.05) is 38.9 Å². The second-order valence-electron chi connectivity index (χ2n) is 7.35. The van der Waals surface area contributed by atoms with Crippen molar-refractivity contribution in [2.24, 2.45) is 0 Å². The third-order valence-corrected chi connectivity index (χ3v) is 5.33. The van der Waals surface area contributed by atoms with Crippen LogP contribution in [0.1, 0.15) is 23.7 Å². The maximum atomic E-state index is 13.0. The van der Waals surface area contributed by atoms with Crippen LogP contribution >= 0.6 is 0 Å². The van der Waals surface area contributed by atoms with Crippen molar-refractivity contribution >= 4 is 22.6 Å². The number of nitrogens with one attached hydrogen (secondary N) is 2. The van der Waals surface area contributed by atoms with Crippen molar-refractivity contribution < 1.29 is 9.53 Å². The largest absolute Gasteiger partial charge is 0.379 e. The molecule has 1 saturated heterocycles. The molecule has 3 aromatic heterocycles. The normalized spacial score (nSPS) is 15.0. The molecule has 1 amide bonds. The van der Waals surface area contributed by atoms with E-state index in [0.29, 0.717) is 43.0 Å². The Hall–Kier alpha value is -3.04. The van der Waals surface area contributed by atoms with Gasteiger partial charge in [-0.05, 0) is 24.6 Å². The van der Waals surface area contributed by atoms with E-state index >= 15 is 0 Å². The molecule has 0 spiro atoms. The first-order valence-electron chi connectivity index (χ1n) is 10.3. The summed E-state index contributed by atoms with van der Waals surface area (Å²) in [5.74, 6) is -0.349. The Labute approximate surface area is 173 Å². The lowest BCUT2D eigenvalue weighted by atomic mass is 10.2. The van der Waals surface area contributed by atoms with E-state index in [-0.39, 0.29) is 22.5 Å². The fourth-order valence-corrected chi connectivity index (χ4v) is 3.75. The zero-order valence-corrected chi connectivity index (χ0v) is 17.1. The minimum atomic E-state index is -0.349. The predicted octanol–water partition coefficient (Wildman–Crippen LogP) is 0.601. The maximum Gasteiger partial charge on any atom is 0.267 e. The van der Waals surface area contributed by atoms with Gasteiger partial charge in [0.25, 0.3) is 11.5 Å². The van der Waals surface area contributed by atoms with Crippen LogP contribution in [0.25, 0.3) is 16.7 Å². The van der Waals surface area contributed by atoms with Crippen molar-refractivity contribution in [3.8, 4) is 0 Å². The predicted molar refractivity (Wildman–Crippen MR) is 113 cm³/mol. The number of rotatable bonds is 6. The number of amides is 1. The standard InChI is InChI=1S/C21H26N6O3/c1-2-7-27-18(22)15(20(28)23-6-9-25-10-12-30-13-11-25)14-16-19(27)24-17-5-3-4-8-26(17)21(16)29/h3-5,8,14,22H,2,6-7,9-13H2,1H3,(H,23,28). The molecule has 0 aromatic carbocycles. The highest BCUT2D eigenvalue weighted by Crippen LogP contribution is 2.11. The molecule has 3 aromatic rings. The summed E-state index contributed by atoms with van der Waals surface area (Å²) in [6.45, 7) is 6.79. The van der Waals surface area contributed by atoms with Gasteiger partial charge in [0.15, 0.2) is 0 Å². The van der Waals surface area contributed by atoms with Crippen LogP contribution in [-0.2, 0) is 11.3 Å². The van der Waals surface area contributed by atoms with Gasteiger partial charge in [-0.2, -0.15) is 0 Å². The van der Waals surface area contributed by atoms with E-state index in [0.717, 1.165) is 26.1 Å². The van der Waals surface area contributed by atoms with E-state index < -0.39 is 0 Å². The molecular formula is C21H26N6O3. The number of carbonyl (C=O) groups excluding carboxylic acids is 1. The topological polar surface area (TPSA) is 105 Å². The minimum absolute atomic E-state index is 0.0698. The molecule has 0 radical (unpaired) electrons. The highest BCUT2D eigenvalue weighted by molar-refractivity contribution is 5.96. The summed E-state index contributed by atoms with van der Waals surface area (Å²) in [4.78, 5) is 32.7. The van der Waals surface area contributed by atoms with E-state index in [1.807, 2.05) is 13.0 Å². The lowest BCUT2D eigenvalue weighted by Crippen LogP contribution is -2.42. The summed E-state index contributed by atoms with van der Waals surface area (Å²) in [6.07, 6.45) is 2.41. The van der Waals surface area contributed by atoms with E-state index in [1.165, 1.54) is 10.5 Å². The number of aryl methyl sites for hydroxylation is 1. The summed E-state index contributed by atoms with van der Waals surface area (Å²) in [6, 6.07) is 6.84. The van der Waals surface area contributed by atoms with Gasteiger partial charge in [-0.3, -0.25) is 24.3 Å². The van der Waals surface area contributed by atoms with Crippen LogP contribution in [0.2, 0.25) is 0 Å². The fraction of sp³-hybridized carbons (Fsp3) is 0.429. The van der Waals surface area contributed by atoms with Crippen molar-refractivity contribution in [3.63, 3.8) is 0 Å². The summed E-state index contributed by atoms with van der Waals surface area (Å²) in [7, 11) is 0. The fourth-order valence-electron chi connectivity index (χ4n) is 3.75. The van der Waals surface area contributed by atoms with E-state index in [1.54, 1.807) is 22.9 Å². The Morgan fingerprint density at radius 1 is 1.27 bits per heavy atom. The highest BCUT2D eigenvalue weighted by Gasteiger charge is 2.17. The van der Waals surface area contributed by atoms with Crippen LogP contribution in [0.4, 0.5) is 0 Å². The number of aromatic nitrogens is 3. The van der Waals surface area contributed by atoms with E-state index in [9.17, 15) is 9.59 Å². The minimum Gasteiger partial charge on any atom is -0.379 e. The molecular weight excluding hydrogens is 384 g/mol. The molecule has 0 unspecified atom stereocenters. The Morgan fingerprint density at radius 2 is 2.07 bits per heavy atom. The van der Waals surface area contributed by atoms with Gasteiger partial charge in [0.1, 0.15) is 16.8 Å². The lowest BCUT2D eigenvalue weighted by Gasteiger charge is -2.26. The van der Waals surface area contributed by atoms with Gasteiger partial charge in [0.05, 0.1) is 24.2 Å². The molecule has 9 nitrogen and oxygen atoms in total. The van der Waals surface area contributed by atoms with Crippen LogP contribution < -0.4 is 16.4 Å². The maximum absolute atomic E-state index is 13.0. The van der Waals surface area contributed by atoms with Crippen LogP contribution in [0.3, 0.4) is 0 Å². The first kappa shape index (κ1) is 20.2. The van der Waals surface area contributed by atoms with E-state index in [2.05, 4.69) is 15.2 Å². The van der Waals surface area contributed by atoms with Gasteiger partial charge in [-0.25, -0.2) is 4.98 Å². The van der Waals surface area contributed by atoms with Crippen molar-refractivity contribution in [1.29, 1.82) is 5.41 Å². The molecule has 158 valence electrons. The number of carbonyl (C=O) groups is 1. The molecule has 0 atom stereocenters. The lowest BCUT2D eigenvalue weighted by molar-refractivity contribution is 0.0383. The quantitative estimate of drug-likeness (QED) is 0.579. The summed E-state index contributed by atoms with van der Waals surface area (Å²) in [5, 5.41) is 11.8. The molecule has 0 aliphatic carbocycles. The molecule has 30 heavy (non-hydrogen) atoms. The summed E-state index contributed by atoms with van der Waals surface area (Å²) in [5.41, 5.74) is 0.959. The number of nitrogens with zero attached hydrogens (tertiary/aromatic N) is 4. The smallest absolute Gasteiger partial charge is 0.267 e. The van der Waals surface area contributed by atoms with Crippen molar-refractivity contribution in [1.82, 2.24) is 24.2 Å². The SMILES string of the molecule is CCCn1c(=N)c(C(=O)NCCN2CCOCC2)cc2c(=O)n3ccccc3nc21. The zero-order valence-electron chi connectivity index (χ0n) is 17.1. The number of hydrogen-bond donors (Lipinski definition) is 2.